The molecule has 31 heavy (non-hydrogen) atoms. The Morgan fingerprint density at radius 1 is 1.13 bits per heavy atom. The molecule has 0 fully saturated rings. The number of amides is 1. The first-order valence-corrected chi connectivity index (χ1v) is 12.0. The number of hydrogen-bond donors (Lipinski definition) is 0. The van der Waals surface area contributed by atoms with Gasteiger partial charge in [-0.1, -0.05) is 47.6 Å². The molecule has 0 aliphatic heterocycles. The summed E-state index contributed by atoms with van der Waals surface area (Å²) in [7, 11) is -3.35. The van der Waals surface area contributed by atoms with Gasteiger partial charge in [0.1, 0.15) is 5.75 Å². The number of carbonyl (C=O) groups excluding carboxylic acids is 1. The summed E-state index contributed by atoms with van der Waals surface area (Å²) in [6, 6.07) is 18.2. The lowest BCUT2D eigenvalue weighted by Gasteiger charge is -2.05. The Hall–Kier alpha value is -3.41. The number of aromatic nitrogens is 1. The number of hydrogen-bond acceptors (Lipinski definition) is 5. The number of sulfone groups is 1. The molecule has 0 aliphatic rings. The minimum atomic E-state index is -3.35. The number of rotatable bonds is 5. The van der Waals surface area contributed by atoms with Crippen LogP contribution in [-0.2, 0) is 21.2 Å². The highest BCUT2D eigenvalue weighted by molar-refractivity contribution is 7.90. The van der Waals surface area contributed by atoms with Crippen LogP contribution in [0.1, 0.15) is 0 Å². The Kier molecular flexibility index (Phi) is 5.63. The zero-order valence-electron chi connectivity index (χ0n) is 16.6. The first kappa shape index (κ1) is 20.8. The van der Waals surface area contributed by atoms with E-state index in [1.807, 2.05) is 36.4 Å². The number of thiazole rings is 1. The topological polar surface area (TPSA) is 77.7 Å². The Morgan fingerprint density at radius 3 is 2.65 bits per heavy atom. The average Bonchev–Trinajstić information content (AvgIpc) is 3.08. The van der Waals surface area contributed by atoms with Crippen molar-refractivity contribution in [3.05, 3.63) is 65.5 Å². The van der Waals surface area contributed by atoms with E-state index in [1.165, 1.54) is 17.4 Å². The third-order valence-electron chi connectivity index (χ3n) is 4.64. The third kappa shape index (κ3) is 4.53. The summed E-state index contributed by atoms with van der Waals surface area (Å²) in [6.45, 7) is -0.0207. The van der Waals surface area contributed by atoms with E-state index in [0.717, 1.165) is 22.5 Å². The van der Waals surface area contributed by atoms with Gasteiger partial charge in [-0.15, -0.1) is 6.42 Å². The number of terminal acetylenes is 1. The number of carbonyl (C=O) groups is 1. The van der Waals surface area contributed by atoms with Crippen LogP contribution < -0.4 is 9.54 Å². The second-order valence-electron chi connectivity index (χ2n) is 6.88. The van der Waals surface area contributed by atoms with Crippen LogP contribution in [0.3, 0.4) is 0 Å². The maximum Gasteiger partial charge on any atom is 0.286 e. The van der Waals surface area contributed by atoms with Gasteiger partial charge >= 0.3 is 0 Å². The summed E-state index contributed by atoms with van der Waals surface area (Å²) >= 11 is 1.21. The Balaban J connectivity index is 1.62. The zero-order chi connectivity index (χ0) is 22.0. The molecule has 156 valence electrons. The summed E-state index contributed by atoms with van der Waals surface area (Å²) in [4.78, 5) is 17.2. The van der Waals surface area contributed by atoms with Crippen molar-refractivity contribution in [2.24, 2.45) is 4.99 Å². The van der Waals surface area contributed by atoms with Gasteiger partial charge in [0.15, 0.2) is 21.2 Å². The van der Waals surface area contributed by atoms with Crippen LogP contribution in [-0.4, -0.2) is 31.8 Å². The summed E-state index contributed by atoms with van der Waals surface area (Å²) in [5.41, 5.74) is 0.720. The lowest BCUT2D eigenvalue weighted by molar-refractivity contribution is -0.120. The van der Waals surface area contributed by atoms with Crippen molar-refractivity contribution in [2.75, 3.05) is 12.9 Å². The molecule has 1 amide bonds. The maximum atomic E-state index is 12.5. The second-order valence-corrected chi connectivity index (χ2v) is 9.90. The van der Waals surface area contributed by atoms with E-state index in [4.69, 9.17) is 11.2 Å². The van der Waals surface area contributed by atoms with E-state index in [2.05, 4.69) is 10.9 Å². The van der Waals surface area contributed by atoms with Crippen molar-refractivity contribution >= 4 is 48.1 Å². The minimum absolute atomic E-state index is 0.201. The zero-order valence-corrected chi connectivity index (χ0v) is 18.2. The SMILES string of the molecule is C#CCn1c(=NC(=O)COc2ccc3ccccc3c2)sc2cc(S(C)(=O)=O)ccc21. The van der Waals surface area contributed by atoms with Gasteiger partial charge in [-0.25, -0.2) is 8.42 Å². The number of fused-ring (bicyclic) bond motifs is 2. The minimum Gasteiger partial charge on any atom is -0.484 e. The van der Waals surface area contributed by atoms with E-state index in [9.17, 15) is 13.2 Å². The smallest absolute Gasteiger partial charge is 0.286 e. The molecule has 0 radical (unpaired) electrons. The fourth-order valence-corrected chi connectivity index (χ4v) is 4.96. The Labute approximate surface area is 183 Å². The van der Waals surface area contributed by atoms with Gasteiger partial charge in [0.25, 0.3) is 5.91 Å². The van der Waals surface area contributed by atoms with Crippen molar-refractivity contribution in [1.29, 1.82) is 0 Å². The largest absolute Gasteiger partial charge is 0.484 e. The predicted octanol–water partition coefficient (Wildman–Crippen LogP) is 3.40. The highest BCUT2D eigenvalue weighted by Gasteiger charge is 2.13. The van der Waals surface area contributed by atoms with Gasteiger partial charge in [-0.05, 0) is 41.1 Å². The van der Waals surface area contributed by atoms with Crippen LogP contribution in [0.25, 0.3) is 21.0 Å². The third-order valence-corrected chi connectivity index (χ3v) is 6.79. The van der Waals surface area contributed by atoms with E-state index >= 15 is 0 Å². The highest BCUT2D eigenvalue weighted by atomic mass is 32.2. The fourth-order valence-electron chi connectivity index (χ4n) is 3.15. The first-order valence-electron chi connectivity index (χ1n) is 9.31. The van der Waals surface area contributed by atoms with Gasteiger partial charge < -0.3 is 9.30 Å². The molecule has 1 heterocycles. The Bertz CT molecular complexity index is 1520. The van der Waals surface area contributed by atoms with Crippen molar-refractivity contribution in [2.45, 2.75) is 11.4 Å². The monoisotopic (exact) mass is 450 g/mol. The molecule has 0 unspecified atom stereocenters. The van der Waals surface area contributed by atoms with Crippen LogP contribution in [0.2, 0.25) is 0 Å². The molecule has 3 aromatic carbocycles. The standard InChI is InChI=1S/C23H18N2O4S2/c1-3-12-25-20-11-10-19(31(2,27)28)14-21(20)30-23(25)24-22(26)15-29-18-9-8-16-6-4-5-7-17(16)13-18/h1,4-11,13-14H,12,15H2,2H3. The van der Waals surface area contributed by atoms with Crippen molar-refractivity contribution in [3.8, 4) is 18.1 Å². The molecule has 0 saturated carbocycles. The molecule has 0 spiro atoms. The molecule has 0 saturated heterocycles. The lowest BCUT2D eigenvalue weighted by Crippen LogP contribution is -2.19. The average molecular weight is 451 g/mol. The molecule has 4 rings (SSSR count). The summed E-state index contributed by atoms with van der Waals surface area (Å²) in [6.07, 6.45) is 6.63. The van der Waals surface area contributed by atoms with Crippen LogP contribution in [0.5, 0.6) is 5.75 Å². The maximum absolute atomic E-state index is 12.5. The summed E-state index contributed by atoms with van der Waals surface area (Å²) in [5, 5.41) is 2.10. The van der Waals surface area contributed by atoms with Crippen LogP contribution in [0.15, 0.2) is 70.6 Å². The van der Waals surface area contributed by atoms with Crippen molar-refractivity contribution < 1.29 is 17.9 Å². The molecule has 8 heteroatoms. The summed E-state index contributed by atoms with van der Waals surface area (Å²) < 4.78 is 31.7. The molecule has 1 aromatic heterocycles. The molecule has 0 aliphatic carbocycles. The number of ether oxygens (including phenoxy) is 1. The first-order chi connectivity index (χ1) is 14.8. The van der Waals surface area contributed by atoms with Crippen LogP contribution in [0.4, 0.5) is 0 Å². The van der Waals surface area contributed by atoms with Gasteiger partial charge in [0.05, 0.1) is 21.7 Å². The number of benzene rings is 3. The Morgan fingerprint density at radius 2 is 1.90 bits per heavy atom. The van der Waals surface area contributed by atoms with Gasteiger partial charge in [-0.3, -0.25) is 4.79 Å². The van der Waals surface area contributed by atoms with E-state index in [0.29, 0.717) is 15.3 Å². The van der Waals surface area contributed by atoms with Crippen LogP contribution in [0, 0.1) is 12.3 Å². The van der Waals surface area contributed by atoms with Gasteiger partial charge in [-0.2, -0.15) is 4.99 Å². The van der Waals surface area contributed by atoms with Crippen LogP contribution >= 0.6 is 11.3 Å². The molecule has 0 bridgehead atoms. The van der Waals surface area contributed by atoms with E-state index in [-0.39, 0.29) is 18.0 Å². The fraction of sp³-hybridized carbons (Fsp3) is 0.130. The molecule has 6 nitrogen and oxygen atoms in total. The lowest BCUT2D eigenvalue weighted by atomic mass is 10.1. The second kappa shape index (κ2) is 8.38. The van der Waals surface area contributed by atoms with E-state index in [1.54, 1.807) is 22.8 Å². The van der Waals surface area contributed by atoms with Gasteiger partial charge in [0, 0.05) is 6.26 Å². The molecular formula is C23H18N2O4S2. The molecule has 0 atom stereocenters. The number of nitrogens with zero attached hydrogens (tertiary/aromatic N) is 2. The molecular weight excluding hydrogens is 432 g/mol. The molecule has 0 N–H and O–H groups in total. The normalized spacial score (nSPS) is 12.2. The quantitative estimate of drug-likeness (QED) is 0.437. The van der Waals surface area contributed by atoms with Crippen molar-refractivity contribution in [3.63, 3.8) is 0 Å². The van der Waals surface area contributed by atoms with Gasteiger partial charge in [0.2, 0.25) is 0 Å². The molecule has 4 aromatic rings. The summed E-state index contributed by atoms with van der Waals surface area (Å²) in [5.74, 6) is 2.66. The highest BCUT2D eigenvalue weighted by Crippen LogP contribution is 2.22. The predicted molar refractivity (Wildman–Crippen MR) is 122 cm³/mol. The van der Waals surface area contributed by atoms with E-state index < -0.39 is 15.7 Å². The van der Waals surface area contributed by atoms with Crippen molar-refractivity contribution in [1.82, 2.24) is 4.57 Å².